The Bertz CT molecular complexity index is 299. The monoisotopic (exact) mass is 206 g/mol. The second-order valence-corrected chi connectivity index (χ2v) is 4.16. The maximum absolute atomic E-state index is 11.7. The number of hydrogen-bond acceptors (Lipinski definition) is 2. The quantitative estimate of drug-likeness (QED) is 0.766. The Kier molecular flexibility index (Phi) is 3.56. The molecular formula is C12H18N2O. The minimum absolute atomic E-state index is 0.227. The smallest absolute Gasteiger partial charge is 0.180 e. The van der Waals surface area contributed by atoms with Crippen LogP contribution < -0.4 is 0 Å². The summed E-state index contributed by atoms with van der Waals surface area (Å²) in [6.07, 6.45) is 6.36. The van der Waals surface area contributed by atoms with Crippen molar-refractivity contribution in [3.63, 3.8) is 0 Å². The summed E-state index contributed by atoms with van der Waals surface area (Å²) in [5.74, 6) is 0.227. The molecule has 1 aromatic heterocycles. The molecule has 0 aliphatic carbocycles. The van der Waals surface area contributed by atoms with E-state index in [-0.39, 0.29) is 5.78 Å². The third-order valence-corrected chi connectivity index (χ3v) is 3.00. The van der Waals surface area contributed by atoms with Gasteiger partial charge in [0.05, 0.1) is 5.69 Å². The summed E-state index contributed by atoms with van der Waals surface area (Å²) >= 11 is 0. The number of nitrogens with one attached hydrogen (secondary N) is 1. The highest BCUT2D eigenvalue weighted by Crippen LogP contribution is 2.09. The van der Waals surface area contributed by atoms with E-state index >= 15 is 0 Å². The van der Waals surface area contributed by atoms with E-state index in [1.54, 1.807) is 6.20 Å². The van der Waals surface area contributed by atoms with Gasteiger partial charge >= 0.3 is 0 Å². The van der Waals surface area contributed by atoms with Crippen LogP contribution in [0.3, 0.4) is 0 Å². The maximum Gasteiger partial charge on any atom is 0.180 e. The maximum atomic E-state index is 11.7. The Hall–Kier alpha value is -1.09. The van der Waals surface area contributed by atoms with Crippen molar-refractivity contribution in [3.8, 4) is 0 Å². The Labute approximate surface area is 90.5 Å². The molecule has 3 heteroatoms. The third kappa shape index (κ3) is 2.93. The number of carbonyl (C=O) groups is 1. The van der Waals surface area contributed by atoms with E-state index in [2.05, 4.69) is 9.88 Å². The van der Waals surface area contributed by atoms with Gasteiger partial charge in [0.2, 0.25) is 0 Å². The second-order valence-electron chi connectivity index (χ2n) is 4.16. The van der Waals surface area contributed by atoms with E-state index in [0.29, 0.717) is 6.42 Å². The molecule has 2 heterocycles. The van der Waals surface area contributed by atoms with E-state index in [1.165, 1.54) is 19.3 Å². The van der Waals surface area contributed by atoms with E-state index < -0.39 is 0 Å². The first-order valence-corrected chi connectivity index (χ1v) is 5.75. The molecule has 0 aromatic carbocycles. The first-order valence-electron chi connectivity index (χ1n) is 5.75. The van der Waals surface area contributed by atoms with Crippen LogP contribution in [0.15, 0.2) is 18.3 Å². The minimum atomic E-state index is 0.227. The fourth-order valence-corrected chi connectivity index (χ4v) is 2.08. The van der Waals surface area contributed by atoms with Gasteiger partial charge in [-0.05, 0) is 38.1 Å². The molecule has 1 aromatic rings. The van der Waals surface area contributed by atoms with Crippen LogP contribution in [0.2, 0.25) is 0 Å². The summed E-state index contributed by atoms with van der Waals surface area (Å²) in [6.45, 7) is 3.24. The lowest BCUT2D eigenvalue weighted by atomic mass is 10.1. The van der Waals surface area contributed by atoms with Gasteiger partial charge in [-0.3, -0.25) is 4.79 Å². The number of ketones is 1. The summed E-state index contributed by atoms with van der Waals surface area (Å²) in [5.41, 5.74) is 0.743. The average molecular weight is 206 g/mol. The Morgan fingerprint density at radius 1 is 1.33 bits per heavy atom. The lowest BCUT2D eigenvalue weighted by Gasteiger charge is -2.25. The molecule has 0 saturated carbocycles. The highest BCUT2D eigenvalue weighted by Gasteiger charge is 2.12. The molecule has 0 spiro atoms. The molecular weight excluding hydrogens is 188 g/mol. The van der Waals surface area contributed by atoms with Crippen molar-refractivity contribution >= 4 is 5.78 Å². The van der Waals surface area contributed by atoms with Gasteiger partial charge < -0.3 is 9.88 Å². The molecule has 1 saturated heterocycles. The van der Waals surface area contributed by atoms with E-state index in [9.17, 15) is 4.79 Å². The molecule has 1 fully saturated rings. The summed E-state index contributed by atoms with van der Waals surface area (Å²) in [7, 11) is 0. The molecule has 82 valence electrons. The van der Waals surface area contributed by atoms with Crippen molar-refractivity contribution in [2.45, 2.75) is 25.7 Å². The number of Topliss-reactive ketones (excluding diaryl/α,β-unsaturated/α-hetero) is 1. The van der Waals surface area contributed by atoms with Crippen molar-refractivity contribution in [1.82, 2.24) is 9.88 Å². The number of rotatable bonds is 4. The van der Waals surface area contributed by atoms with Crippen LogP contribution in [-0.4, -0.2) is 35.3 Å². The fraction of sp³-hybridized carbons (Fsp3) is 0.583. The molecule has 0 bridgehead atoms. The fourth-order valence-electron chi connectivity index (χ4n) is 2.08. The number of aromatic amines is 1. The number of likely N-dealkylation sites (tertiary alicyclic amines) is 1. The largest absolute Gasteiger partial charge is 0.359 e. The standard InChI is InChI=1S/C12H18N2O/c15-12(11-5-4-7-13-11)6-10-14-8-2-1-3-9-14/h4-5,7,13H,1-3,6,8-10H2. The second kappa shape index (κ2) is 5.12. The van der Waals surface area contributed by atoms with Gasteiger partial charge in [0.15, 0.2) is 5.78 Å². The average Bonchev–Trinajstić information content (AvgIpc) is 2.81. The number of nitrogens with zero attached hydrogens (tertiary/aromatic N) is 1. The first kappa shape index (κ1) is 10.4. The van der Waals surface area contributed by atoms with Crippen LogP contribution in [-0.2, 0) is 0 Å². The van der Waals surface area contributed by atoms with Crippen molar-refractivity contribution in [1.29, 1.82) is 0 Å². The molecule has 3 nitrogen and oxygen atoms in total. The zero-order chi connectivity index (χ0) is 10.5. The minimum Gasteiger partial charge on any atom is -0.359 e. The number of hydrogen-bond donors (Lipinski definition) is 1. The summed E-state index contributed by atoms with van der Waals surface area (Å²) in [6, 6.07) is 3.71. The van der Waals surface area contributed by atoms with Gasteiger partial charge in [0, 0.05) is 19.2 Å². The normalized spacial score (nSPS) is 17.9. The molecule has 0 atom stereocenters. The van der Waals surface area contributed by atoms with Gasteiger partial charge in [0.25, 0.3) is 0 Å². The van der Waals surface area contributed by atoms with Gasteiger partial charge in [0.1, 0.15) is 0 Å². The Balaban J connectivity index is 1.75. The zero-order valence-corrected chi connectivity index (χ0v) is 9.04. The van der Waals surface area contributed by atoms with Crippen LogP contribution in [0, 0.1) is 0 Å². The van der Waals surface area contributed by atoms with Crippen LogP contribution in [0.5, 0.6) is 0 Å². The van der Waals surface area contributed by atoms with Crippen molar-refractivity contribution in [2.75, 3.05) is 19.6 Å². The third-order valence-electron chi connectivity index (χ3n) is 3.00. The lowest BCUT2D eigenvalue weighted by Crippen LogP contribution is -2.31. The van der Waals surface area contributed by atoms with Crippen LogP contribution >= 0.6 is 0 Å². The molecule has 2 rings (SSSR count). The predicted molar refractivity (Wildman–Crippen MR) is 60.0 cm³/mol. The van der Waals surface area contributed by atoms with Gasteiger partial charge in [-0.25, -0.2) is 0 Å². The van der Waals surface area contributed by atoms with Gasteiger partial charge in [-0.1, -0.05) is 6.42 Å². The number of piperidine rings is 1. The van der Waals surface area contributed by atoms with E-state index in [0.717, 1.165) is 25.3 Å². The summed E-state index contributed by atoms with van der Waals surface area (Å²) < 4.78 is 0. The first-order chi connectivity index (χ1) is 7.36. The lowest BCUT2D eigenvalue weighted by molar-refractivity contribution is 0.0954. The highest BCUT2D eigenvalue weighted by atomic mass is 16.1. The van der Waals surface area contributed by atoms with Gasteiger partial charge in [-0.15, -0.1) is 0 Å². The Morgan fingerprint density at radius 3 is 2.80 bits per heavy atom. The van der Waals surface area contributed by atoms with Crippen LogP contribution in [0.25, 0.3) is 0 Å². The van der Waals surface area contributed by atoms with Crippen molar-refractivity contribution < 1.29 is 4.79 Å². The van der Waals surface area contributed by atoms with Crippen LogP contribution in [0.4, 0.5) is 0 Å². The molecule has 1 aliphatic heterocycles. The number of aromatic nitrogens is 1. The zero-order valence-electron chi connectivity index (χ0n) is 9.04. The molecule has 0 amide bonds. The Morgan fingerprint density at radius 2 is 2.13 bits per heavy atom. The number of H-pyrrole nitrogens is 1. The molecule has 1 N–H and O–H groups in total. The summed E-state index contributed by atoms with van der Waals surface area (Å²) in [4.78, 5) is 17.0. The molecule has 15 heavy (non-hydrogen) atoms. The van der Waals surface area contributed by atoms with Gasteiger partial charge in [-0.2, -0.15) is 0 Å². The van der Waals surface area contributed by atoms with Crippen LogP contribution in [0.1, 0.15) is 36.2 Å². The number of carbonyl (C=O) groups excluding carboxylic acids is 1. The SMILES string of the molecule is O=C(CCN1CCCCC1)c1ccc[nH]1. The molecule has 1 aliphatic rings. The van der Waals surface area contributed by atoms with E-state index in [1.807, 2.05) is 12.1 Å². The van der Waals surface area contributed by atoms with Crippen molar-refractivity contribution in [3.05, 3.63) is 24.0 Å². The predicted octanol–water partition coefficient (Wildman–Crippen LogP) is 2.07. The summed E-state index contributed by atoms with van der Waals surface area (Å²) in [5, 5.41) is 0. The topological polar surface area (TPSA) is 36.1 Å². The van der Waals surface area contributed by atoms with E-state index in [4.69, 9.17) is 0 Å². The molecule has 0 unspecified atom stereocenters. The molecule has 0 radical (unpaired) electrons. The van der Waals surface area contributed by atoms with Crippen molar-refractivity contribution in [2.24, 2.45) is 0 Å². The highest BCUT2D eigenvalue weighted by molar-refractivity contribution is 5.94.